The van der Waals surface area contributed by atoms with Gasteiger partial charge in [0.1, 0.15) is 5.69 Å². The molecule has 4 rings (SSSR count). The molecule has 5 heteroatoms. The summed E-state index contributed by atoms with van der Waals surface area (Å²) in [5.41, 5.74) is 2.88. The number of benzene rings is 2. The normalized spacial score (nSPS) is 14.0. The number of amides is 2. The van der Waals surface area contributed by atoms with E-state index in [0.29, 0.717) is 24.3 Å². The average Bonchev–Trinajstić information content (AvgIpc) is 3.06. The van der Waals surface area contributed by atoms with Gasteiger partial charge >= 0.3 is 0 Å². The molecule has 0 atom stereocenters. The number of anilines is 1. The lowest BCUT2D eigenvalue weighted by Gasteiger charge is -2.16. The number of para-hydroxylation sites is 1. The molecule has 3 aromatic rings. The molecule has 1 saturated heterocycles. The van der Waals surface area contributed by atoms with Gasteiger partial charge in [-0.1, -0.05) is 36.4 Å². The number of fused-ring (bicyclic) bond motifs is 1. The SMILES string of the molecule is O=C(Nc1cccc(CN2CCCC2=O)c1)c1ccc2ccccc2n1. The average molecular weight is 345 g/mol. The number of likely N-dealkylation sites (tertiary alicyclic amines) is 1. The van der Waals surface area contributed by atoms with Crippen molar-refractivity contribution in [1.82, 2.24) is 9.88 Å². The second-order valence-corrected chi connectivity index (χ2v) is 6.46. The molecule has 1 N–H and O–H groups in total. The molecule has 2 heterocycles. The number of hydrogen-bond donors (Lipinski definition) is 1. The molecule has 0 unspecified atom stereocenters. The van der Waals surface area contributed by atoms with Gasteiger partial charge in [-0.3, -0.25) is 9.59 Å². The number of pyridine rings is 1. The summed E-state index contributed by atoms with van der Waals surface area (Å²) < 4.78 is 0. The number of carbonyl (C=O) groups excluding carboxylic acids is 2. The van der Waals surface area contributed by atoms with Crippen molar-refractivity contribution in [2.24, 2.45) is 0 Å². The molecule has 0 saturated carbocycles. The monoisotopic (exact) mass is 345 g/mol. The van der Waals surface area contributed by atoms with Gasteiger partial charge in [-0.15, -0.1) is 0 Å². The Labute approximate surface area is 151 Å². The first kappa shape index (κ1) is 16.3. The summed E-state index contributed by atoms with van der Waals surface area (Å²) in [6.07, 6.45) is 1.55. The minimum atomic E-state index is -0.245. The van der Waals surface area contributed by atoms with Crippen molar-refractivity contribution < 1.29 is 9.59 Å². The van der Waals surface area contributed by atoms with Gasteiger partial charge in [-0.2, -0.15) is 0 Å². The summed E-state index contributed by atoms with van der Waals surface area (Å²) in [7, 11) is 0. The molecule has 1 fully saturated rings. The third kappa shape index (κ3) is 3.42. The van der Waals surface area contributed by atoms with Gasteiger partial charge < -0.3 is 10.2 Å². The molecule has 130 valence electrons. The van der Waals surface area contributed by atoms with Crippen molar-refractivity contribution in [2.45, 2.75) is 19.4 Å². The lowest BCUT2D eigenvalue weighted by atomic mass is 10.1. The molecular formula is C21H19N3O2. The van der Waals surface area contributed by atoms with Gasteiger partial charge in [0.25, 0.3) is 5.91 Å². The first-order valence-electron chi connectivity index (χ1n) is 8.73. The van der Waals surface area contributed by atoms with E-state index in [2.05, 4.69) is 10.3 Å². The fourth-order valence-electron chi connectivity index (χ4n) is 3.23. The van der Waals surface area contributed by atoms with Crippen LogP contribution in [0, 0.1) is 0 Å². The third-order valence-electron chi connectivity index (χ3n) is 4.56. The van der Waals surface area contributed by atoms with Gasteiger partial charge in [0, 0.05) is 30.6 Å². The molecule has 2 amide bonds. The Morgan fingerprint density at radius 1 is 1.08 bits per heavy atom. The smallest absolute Gasteiger partial charge is 0.274 e. The van der Waals surface area contributed by atoms with Crippen LogP contribution in [0.1, 0.15) is 28.9 Å². The van der Waals surface area contributed by atoms with E-state index in [1.54, 1.807) is 6.07 Å². The number of carbonyl (C=O) groups is 2. The number of aromatic nitrogens is 1. The molecule has 0 aliphatic carbocycles. The van der Waals surface area contributed by atoms with Gasteiger partial charge in [0.05, 0.1) is 5.52 Å². The van der Waals surface area contributed by atoms with Gasteiger partial charge in [0.2, 0.25) is 5.91 Å². The van der Waals surface area contributed by atoms with E-state index in [1.165, 1.54) is 0 Å². The second-order valence-electron chi connectivity index (χ2n) is 6.46. The Hall–Kier alpha value is -3.21. The molecule has 1 aliphatic heterocycles. The number of hydrogen-bond acceptors (Lipinski definition) is 3. The van der Waals surface area contributed by atoms with Gasteiger partial charge in [0.15, 0.2) is 0 Å². The summed E-state index contributed by atoms with van der Waals surface area (Å²) in [4.78, 5) is 30.6. The van der Waals surface area contributed by atoms with Crippen LogP contribution in [0.4, 0.5) is 5.69 Å². The van der Waals surface area contributed by atoms with Crippen LogP contribution >= 0.6 is 0 Å². The highest BCUT2D eigenvalue weighted by Gasteiger charge is 2.20. The topological polar surface area (TPSA) is 62.3 Å². The molecular weight excluding hydrogens is 326 g/mol. The standard InChI is InChI=1S/C21H19N3O2/c25-20-9-4-12-24(20)14-15-5-3-7-17(13-15)22-21(26)19-11-10-16-6-1-2-8-18(16)23-19/h1-3,5-8,10-11,13H,4,9,12,14H2,(H,22,26). The van der Waals surface area contributed by atoms with E-state index in [9.17, 15) is 9.59 Å². The molecule has 0 bridgehead atoms. The summed E-state index contributed by atoms with van der Waals surface area (Å²) in [5.74, 6) is -0.0510. The highest BCUT2D eigenvalue weighted by molar-refractivity contribution is 6.04. The van der Waals surface area contributed by atoms with E-state index in [4.69, 9.17) is 0 Å². The van der Waals surface area contributed by atoms with Crippen LogP contribution < -0.4 is 5.32 Å². The Balaban J connectivity index is 1.49. The van der Waals surface area contributed by atoms with Crippen LogP contribution in [0.15, 0.2) is 60.7 Å². The van der Waals surface area contributed by atoms with Crippen molar-refractivity contribution >= 4 is 28.4 Å². The maximum absolute atomic E-state index is 12.5. The minimum absolute atomic E-state index is 0.194. The summed E-state index contributed by atoms with van der Waals surface area (Å²) >= 11 is 0. The lowest BCUT2D eigenvalue weighted by Crippen LogP contribution is -2.23. The number of nitrogens with zero attached hydrogens (tertiary/aromatic N) is 2. The predicted molar refractivity (Wildman–Crippen MR) is 101 cm³/mol. The maximum atomic E-state index is 12.5. The number of nitrogens with one attached hydrogen (secondary N) is 1. The number of rotatable bonds is 4. The van der Waals surface area contributed by atoms with Crippen molar-refractivity contribution in [2.75, 3.05) is 11.9 Å². The molecule has 0 radical (unpaired) electrons. The highest BCUT2D eigenvalue weighted by Crippen LogP contribution is 2.18. The third-order valence-corrected chi connectivity index (χ3v) is 4.56. The van der Waals surface area contributed by atoms with Crippen molar-refractivity contribution in [3.63, 3.8) is 0 Å². The van der Waals surface area contributed by atoms with E-state index < -0.39 is 0 Å². The van der Waals surface area contributed by atoms with Gasteiger partial charge in [-0.25, -0.2) is 4.98 Å². The van der Waals surface area contributed by atoms with E-state index >= 15 is 0 Å². The fourth-order valence-corrected chi connectivity index (χ4v) is 3.23. The largest absolute Gasteiger partial charge is 0.338 e. The zero-order valence-electron chi connectivity index (χ0n) is 14.3. The molecule has 0 spiro atoms. The van der Waals surface area contributed by atoms with E-state index in [-0.39, 0.29) is 11.8 Å². The highest BCUT2D eigenvalue weighted by atomic mass is 16.2. The first-order chi connectivity index (χ1) is 12.7. The van der Waals surface area contributed by atoms with Crippen LogP contribution in [0.2, 0.25) is 0 Å². The Kier molecular flexibility index (Phi) is 4.35. The van der Waals surface area contributed by atoms with Crippen LogP contribution in [-0.2, 0) is 11.3 Å². The van der Waals surface area contributed by atoms with Crippen molar-refractivity contribution in [3.8, 4) is 0 Å². The zero-order valence-corrected chi connectivity index (χ0v) is 14.3. The summed E-state index contributed by atoms with van der Waals surface area (Å²) in [6, 6.07) is 18.9. The summed E-state index contributed by atoms with van der Waals surface area (Å²) in [6.45, 7) is 1.38. The van der Waals surface area contributed by atoms with Gasteiger partial charge in [-0.05, 0) is 36.2 Å². The molecule has 1 aromatic heterocycles. The van der Waals surface area contributed by atoms with E-state index in [0.717, 1.165) is 29.4 Å². The van der Waals surface area contributed by atoms with Crippen LogP contribution in [0.25, 0.3) is 10.9 Å². The quantitative estimate of drug-likeness (QED) is 0.786. The Morgan fingerprint density at radius 3 is 2.81 bits per heavy atom. The van der Waals surface area contributed by atoms with Crippen LogP contribution in [0.3, 0.4) is 0 Å². The Bertz CT molecular complexity index is 984. The van der Waals surface area contributed by atoms with Crippen molar-refractivity contribution in [1.29, 1.82) is 0 Å². The van der Waals surface area contributed by atoms with Crippen LogP contribution in [-0.4, -0.2) is 28.2 Å². The maximum Gasteiger partial charge on any atom is 0.274 e. The zero-order chi connectivity index (χ0) is 17.9. The first-order valence-corrected chi connectivity index (χ1v) is 8.73. The second kappa shape index (κ2) is 6.96. The van der Waals surface area contributed by atoms with Crippen molar-refractivity contribution in [3.05, 3.63) is 71.9 Å². The molecule has 26 heavy (non-hydrogen) atoms. The lowest BCUT2D eigenvalue weighted by molar-refractivity contribution is -0.128. The minimum Gasteiger partial charge on any atom is -0.338 e. The predicted octanol–water partition coefficient (Wildman–Crippen LogP) is 3.61. The fraction of sp³-hybridized carbons (Fsp3) is 0.190. The summed E-state index contributed by atoms with van der Waals surface area (Å²) in [5, 5.41) is 3.90. The van der Waals surface area contributed by atoms with E-state index in [1.807, 2.05) is 59.5 Å². The molecule has 5 nitrogen and oxygen atoms in total. The molecule has 2 aromatic carbocycles. The molecule has 1 aliphatic rings. The van der Waals surface area contributed by atoms with Crippen LogP contribution in [0.5, 0.6) is 0 Å². The Morgan fingerprint density at radius 2 is 1.96 bits per heavy atom.